The van der Waals surface area contributed by atoms with Gasteiger partial charge in [-0.1, -0.05) is 217 Å². The van der Waals surface area contributed by atoms with Gasteiger partial charge in [0.2, 0.25) is 5.91 Å². The van der Waals surface area contributed by atoms with Gasteiger partial charge in [0.25, 0.3) is 10.1 Å². The lowest BCUT2D eigenvalue weighted by atomic mass is 10.0. The zero-order valence-electron chi connectivity index (χ0n) is 35.6. The Kier molecular flexibility index (Phi) is 40.1. The van der Waals surface area contributed by atoms with Crippen LogP contribution in [0.25, 0.3) is 0 Å². The van der Waals surface area contributed by atoms with Gasteiger partial charge in [-0.15, -0.1) is 0 Å². The molecule has 0 aliphatic carbocycles. The van der Waals surface area contributed by atoms with E-state index in [1.54, 1.807) is 0 Å². The number of hydrogen-bond donors (Lipinski definition) is 3. The molecule has 0 aromatic rings. The summed E-state index contributed by atoms with van der Waals surface area (Å²) in [6.45, 7) is 4.53. The third-order valence-electron chi connectivity index (χ3n) is 10.6. The summed E-state index contributed by atoms with van der Waals surface area (Å²) >= 11 is 0. The number of nitrogens with one attached hydrogen (secondary N) is 1. The number of unbranched alkanes of at least 4 members (excludes halogenated alkanes) is 28. The lowest BCUT2D eigenvalue weighted by Gasteiger charge is -2.23. The molecule has 2 atom stereocenters. The van der Waals surface area contributed by atoms with Crippen LogP contribution in [0.4, 0.5) is 0 Å². The Labute approximate surface area is 336 Å². The number of aliphatic hydroxyl groups is 1. The second-order valence-electron chi connectivity index (χ2n) is 16.0. The SMILES string of the molecule is CCCCCCC/C=C\C/C=C\C/C=C\CCCCCCCCC(=O)NC(CS(=O)(=O)O)C(O)CCCCCCCCCCCCCCCCCCCC. The minimum atomic E-state index is -4.32. The first kappa shape index (κ1) is 52.6. The van der Waals surface area contributed by atoms with E-state index in [0.29, 0.717) is 12.8 Å². The molecule has 2 unspecified atom stereocenters. The molecule has 0 bridgehead atoms. The van der Waals surface area contributed by atoms with Crippen molar-refractivity contribution >= 4 is 16.0 Å². The van der Waals surface area contributed by atoms with E-state index >= 15 is 0 Å². The van der Waals surface area contributed by atoms with Gasteiger partial charge in [-0.3, -0.25) is 9.35 Å². The third-order valence-corrected chi connectivity index (χ3v) is 11.4. The summed E-state index contributed by atoms with van der Waals surface area (Å²) < 4.78 is 32.7. The minimum absolute atomic E-state index is 0.256. The second kappa shape index (κ2) is 41.2. The standard InChI is InChI=1S/C47H89NO5S/c1-3-5-7-9-11-13-15-17-19-21-23-24-25-27-29-31-33-35-37-39-41-43-47(50)48-45(44-54(51,52)53)46(49)42-40-38-36-34-32-30-28-26-22-20-18-16-14-12-10-8-6-4-2/h15,17,21,23,25,27,45-46,49H,3-14,16,18-20,22,24,26,28-44H2,1-2H3,(H,48,50)(H,51,52,53)/b17-15-,23-21-,27-25-. The summed E-state index contributed by atoms with van der Waals surface area (Å²) in [4.78, 5) is 12.6. The molecule has 6 nitrogen and oxygen atoms in total. The normalized spacial score (nSPS) is 13.5. The topological polar surface area (TPSA) is 104 Å². The Morgan fingerprint density at radius 3 is 1.22 bits per heavy atom. The summed E-state index contributed by atoms with van der Waals surface area (Å²) in [5.74, 6) is -0.908. The summed E-state index contributed by atoms with van der Waals surface area (Å²) in [5.41, 5.74) is 0. The van der Waals surface area contributed by atoms with Gasteiger partial charge >= 0.3 is 0 Å². The Balaban J connectivity index is 3.84. The van der Waals surface area contributed by atoms with Gasteiger partial charge in [-0.25, -0.2) is 0 Å². The van der Waals surface area contributed by atoms with E-state index in [2.05, 4.69) is 55.6 Å². The van der Waals surface area contributed by atoms with Gasteiger partial charge in [0.1, 0.15) is 0 Å². The molecule has 0 aliphatic rings. The smallest absolute Gasteiger partial charge is 0.266 e. The maximum absolute atomic E-state index is 12.6. The highest BCUT2D eigenvalue weighted by Crippen LogP contribution is 2.16. The number of allylic oxidation sites excluding steroid dienone is 6. The van der Waals surface area contributed by atoms with E-state index in [0.717, 1.165) is 64.2 Å². The first-order valence-electron chi connectivity index (χ1n) is 23.2. The highest BCUT2D eigenvalue weighted by Gasteiger charge is 2.26. The number of carbonyl (C=O) groups is 1. The molecule has 0 fully saturated rings. The molecule has 54 heavy (non-hydrogen) atoms. The Morgan fingerprint density at radius 1 is 0.500 bits per heavy atom. The highest BCUT2D eigenvalue weighted by atomic mass is 32.2. The molecule has 0 saturated carbocycles. The number of aliphatic hydroxyl groups excluding tert-OH is 1. The predicted molar refractivity (Wildman–Crippen MR) is 235 cm³/mol. The van der Waals surface area contributed by atoms with E-state index in [4.69, 9.17) is 0 Å². The number of carbonyl (C=O) groups excluding carboxylic acids is 1. The van der Waals surface area contributed by atoms with Crippen molar-refractivity contribution in [3.63, 3.8) is 0 Å². The third kappa shape index (κ3) is 41.7. The molecule has 0 heterocycles. The van der Waals surface area contributed by atoms with Crippen molar-refractivity contribution < 1.29 is 22.9 Å². The van der Waals surface area contributed by atoms with Crippen LogP contribution in [-0.2, 0) is 14.9 Å². The summed E-state index contributed by atoms with van der Waals surface area (Å²) in [7, 11) is -4.32. The summed E-state index contributed by atoms with van der Waals surface area (Å²) in [6, 6.07) is -0.978. The van der Waals surface area contributed by atoms with Crippen LogP contribution in [-0.4, -0.2) is 41.9 Å². The average molecular weight is 780 g/mol. The van der Waals surface area contributed by atoms with E-state index in [1.165, 1.54) is 148 Å². The zero-order chi connectivity index (χ0) is 39.6. The van der Waals surface area contributed by atoms with Crippen molar-refractivity contribution in [3.8, 4) is 0 Å². The van der Waals surface area contributed by atoms with Crippen LogP contribution < -0.4 is 5.32 Å². The predicted octanol–water partition coefficient (Wildman–Crippen LogP) is 14.1. The molecule has 0 rings (SSSR count). The van der Waals surface area contributed by atoms with Crippen molar-refractivity contribution in [3.05, 3.63) is 36.5 Å². The Bertz CT molecular complexity index is 992. The lowest BCUT2D eigenvalue weighted by molar-refractivity contribution is -0.122. The minimum Gasteiger partial charge on any atom is -0.391 e. The van der Waals surface area contributed by atoms with Crippen molar-refractivity contribution in [1.29, 1.82) is 0 Å². The monoisotopic (exact) mass is 780 g/mol. The first-order chi connectivity index (χ1) is 26.3. The fourth-order valence-corrected chi connectivity index (χ4v) is 7.87. The molecule has 1 amide bonds. The van der Waals surface area contributed by atoms with Crippen LogP contribution in [0.2, 0.25) is 0 Å². The van der Waals surface area contributed by atoms with Gasteiger partial charge in [0, 0.05) is 6.42 Å². The average Bonchev–Trinajstić information content (AvgIpc) is 3.14. The molecule has 0 aromatic heterocycles. The second-order valence-corrected chi connectivity index (χ2v) is 17.5. The molecular formula is C47H89NO5S. The van der Waals surface area contributed by atoms with Crippen molar-refractivity contribution in [2.45, 2.75) is 251 Å². The van der Waals surface area contributed by atoms with Crippen molar-refractivity contribution in [1.82, 2.24) is 5.32 Å². The van der Waals surface area contributed by atoms with Crippen LogP contribution in [0.3, 0.4) is 0 Å². The van der Waals surface area contributed by atoms with Gasteiger partial charge in [-0.2, -0.15) is 8.42 Å². The molecule has 3 N–H and O–H groups in total. The highest BCUT2D eigenvalue weighted by molar-refractivity contribution is 7.85. The van der Waals surface area contributed by atoms with Crippen LogP contribution in [0.5, 0.6) is 0 Å². The fourth-order valence-electron chi connectivity index (χ4n) is 7.11. The van der Waals surface area contributed by atoms with Crippen molar-refractivity contribution in [2.75, 3.05) is 5.75 Å². The van der Waals surface area contributed by atoms with Gasteiger partial charge < -0.3 is 10.4 Å². The fraction of sp³-hybridized carbons (Fsp3) is 0.851. The zero-order valence-corrected chi connectivity index (χ0v) is 36.4. The quantitative estimate of drug-likeness (QED) is 0.0325. The lowest BCUT2D eigenvalue weighted by Crippen LogP contribution is -2.47. The Morgan fingerprint density at radius 2 is 0.833 bits per heavy atom. The van der Waals surface area contributed by atoms with E-state index in [9.17, 15) is 22.9 Å². The van der Waals surface area contributed by atoms with Crippen molar-refractivity contribution in [2.24, 2.45) is 0 Å². The molecular weight excluding hydrogens is 691 g/mol. The molecule has 0 radical (unpaired) electrons. The van der Waals surface area contributed by atoms with E-state index in [-0.39, 0.29) is 5.91 Å². The summed E-state index contributed by atoms with van der Waals surface area (Å²) in [5, 5.41) is 13.4. The Hall–Kier alpha value is -1.44. The maximum Gasteiger partial charge on any atom is 0.266 e. The van der Waals surface area contributed by atoms with Gasteiger partial charge in [0.05, 0.1) is 17.9 Å². The molecule has 7 heteroatoms. The summed E-state index contributed by atoms with van der Waals surface area (Å²) in [6.07, 6.45) is 53.8. The van der Waals surface area contributed by atoms with E-state index < -0.39 is 28.0 Å². The number of amides is 1. The van der Waals surface area contributed by atoms with Gasteiger partial charge in [0.15, 0.2) is 0 Å². The first-order valence-corrected chi connectivity index (χ1v) is 24.8. The van der Waals surface area contributed by atoms with Crippen LogP contribution >= 0.6 is 0 Å². The molecule has 0 aromatic carbocycles. The van der Waals surface area contributed by atoms with Crippen LogP contribution in [0.1, 0.15) is 239 Å². The molecule has 318 valence electrons. The molecule has 0 saturated heterocycles. The maximum atomic E-state index is 12.6. The van der Waals surface area contributed by atoms with Gasteiger partial charge in [-0.05, 0) is 51.4 Å². The van der Waals surface area contributed by atoms with Crippen LogP contribution in [0.15, 0.2) is 36.5 Å². The molecule has 0 spiro atoms. The molecule has 0 aliphatic heterocycles. The van der Waals surface area contributed by atoms with Crippen LogP contribution in [0, 0.1) is 0 Å². The largest absolute Gasteiger partial charge is 0.391 e. The van der Waals surface area contributed by atoms with E-state index in [1.807, 2.05) is 0 Å². The number of hydrogen-bond acceptors (Lipinski definition) is 4. The number of rotatable bonds is 42.